The molecule has 5 nitrogen and oxygen atoms in total. The summed E-state index contributed by atoms with van der Waals surface area (Å²) in [6, 6.07) is 6.48. The summed E-state index contributed by atoms with van der Waals surface area (Å²) in [5.74, 6) is 1.99. The van der Waals surface area contributed by atoms with Crippen LogP contribution in [0, 0.1) is 13.8 Å². The molecule has 24 heavy (non-hydrogen) atoms. The van der Waals surface area contributed by atoms with Gasteiger partial charge in [-0.2, -0.15) is 4.98 Å². The summed E-state index contributed by atoms with van der Waals surface area (Å²) >= 11 is 0. The number of hydrogen-bond donors (Lipinski definition) is 1. The van der Waals surface area contributed by atoms with Crippen molar-refractivity contribution in [3.63, 3.8) is 0 Å². The summed E-state index contributed by atoms with van der Waals surface area (Å²) in [5, 5.41) is 0. The Bertz CT molecular complexity index is 717. The molecule has 128 valence electrons. The standard InChI is InChI=1S/C19H26N4O/c1-4-15-7-5-6-10-23(15)18-17(20)19(22-12-21-18)24-16-9-8-13(2)14(3)11-16/h8-9,11-12,15H,4-7,10,20H2,1-3H3. The van der Waals surface area contributed by atoms with Gasteiger partial charge in [0.05, 0.1) is 0 Å². The monoisotopic (exact) mass is 326 g/mol. The second kappa shape index (κ2) is 7.07. The smallest absolute Gasteiger partial charge is 0.248 e. The van der Waals surface area contributed by atoms with Gasteiger partial charge in [-0.25, -0.2) is 4.98 Å². The number of aromatic nitrogens is 2. The Balaban J connectivity index is 1.88. The quantitative estimate of drug-likeness (QED) is 0.910. The van der Waals surface area contributed by atoms with Gasteiger partial charge in [-0.15, -0.1) is 0 Å². The minimum absolute atomic E-state index is 0.434. The normalized spacial score (nSPS) is 17.8. The van der Waals surface area contributed by atoms with E-state index in [1.807, 2.05) is 18.2 Å². The fraction of sp³-hybridized carbons (Fsp3) is 0.474. The first-order valence-electron chi connectivity index (χ1n) is 8.72. The molecule has 1 atom stereocenters. The fourth-order valence-corrected chi connectivity index (χ4v) is 3.27. The molecule has 1 aromatic heterocycles. The van der Waals surface area contributed by atoms with E-state index in [-0.39, 0.29) is 0 Å². The maximum atomic E-state index is 6.36. The van der Waals surface area contributed by atoms with Crippen LogP contribution in [0.25, 0.3) is 0 Å². The third-order valence-electron chi connectivity index (χ3n) is 4.89. The van der Waals surface area contributed by atoms with Crippen molar-refractivity contribution in [2.24, 2.45) is 0 Å². The van der Waals surface area contributed by atoms with Crippen molar-refractivity contribution in [1.29, 1.82) is 0 Å². The van der Waals surface area contributed by atoms with Crippen molar-refractivity contribution in [3.05, 3.63) is 35.7 Å². The lowest BCUT2D eigenvalue weighted by Crippen LogP contribution is -2.40. The maximum Gasteiger partial charge on any atom is 0.248 e. The molecule has 2 N–H and O–H groups in total. The van der Waals surface area contributed by atoms with Crippen molar-refractivity contribution in [1.82, 2.24) is 9.97 Å². The summed E-state index contributed by atoms with van der Waals surface area (Å²) in [5.41, 5.74) is 9.30. The average molecular weight is 326 g/mol. The highest BCUT2D eigenvalue weighted by Crippen LogP contribution is 2.35. The summed E-state index contributed by atoms with van der Waals surface area (Å²) in [7, 11) is 0. The van der Waals surface area contributed by atoms with Crippen LogP contribution in [0.4, 0.5) is 11.5 Å². The highest BCUT2D eigenvalue weighted by Gasteiger charge is 2.25. The van der Waals surface area contributed by atoms with E-state index >= 15 is 0 Å². The number of benzene rings is 1. The lowest BCUT2D eigenvalue weighted by Gasteiger charge is -2.36. The third-order valence-corrected chi connectivity index (χ3v) is 4.89. The van der Waals surface area contributed by atoms with E-state index < -0.39 is 0 Å². The molecule has 0 aliphatic carbocycles. The molecule has 1 aliphatic rings. The molecular weight excluding hydrogens is 300 g/mol. The first-order chi connectivity index (χ1) is 11.6. The Hall–Kier alpha value is -2.30. The number of hydrogen-bond acceptors (Lipinski definition) is 5. The van der Waals surface area contributed by atoms with Gasteiger partial charge in [0.15, 0.2) is 5.82 Å². The molecule has 0 spiro atoms. The summed E-state index contributed by atoms with van der Waals surface area (Å²) < 4.78 is 5.94. The highest BCUT2D eigenvalue weighted by molar-refractivity contribution is 5.68. The molecule has 2 heterocycles. The highest BCUT2D eigenvalue weighted by atomic mass is 16.5. The van der Waals surface area contributed by atoms with Gasteiger partial charge in [0.1, 0.15) is 17.8 Å². The second-order valence-corrected chi connectivity index (χ2v) is 6.52. The van der Waals surface area contributed by atoms with Crippen molar-refractivity contribution in [2.75, 3.05) is 17.2 Å². The molecule has 1 unspecified atom stereocenters. The fourth-order valence-electron chi connectivity index (χ4n) is 3.27. The summed E-state index contributed by atoms with van der Waals surface area (Å²) in [4.78, 5) is 11.0. The Kier molecular flexibility index (Phi) is 4.88. The van der Waals surface area contributed by atoms with Crippen molar-refractivity contribution >= 4 is 11.5 Å². The number of rotatable bonds is 4. The van der Waals surface area contributed by atoms with E-state index in [9.17, 15) is 0 Å². The topological polar surface area (TPSA) is 64.3 Å². The molecular formula is C19H26N4O. The molecule has 0 radical (unpaired) electrons. The van der Waals surface area contributed by atoms with Crippen LogP contribution in [0.5, 0.6) is 11.6 Å². The van der Waals surface area contributed by atoms with E-state index in [1.54, 1.807) is 6.33 Å². The van der Waals surface area contributed by atoms with E-state index in [1.165, 1.54) is 30.4 Å². The Morgan fingerprint density at radius 3 is 2.79 bits per heavy atom. The first kappa shape index (κ1) is 16.6. The number of nitrogen functional groups attached to an aromatic ring is 1. The van der Waals surface area contributed by atoms with Gasteiger partial charge < -0.3 is 15.4 Å². The molecule has 5 heteroatoms. The first-order valence-corrected chi connectivity index (χ1v) is 8.72. The van der Waals surface area contributed by atoms with Gasteiger partial charge in [0.2, 0.25) is 5.88 Å². The van der Waals surface area contributed by atoms with Crippen molar-refractivity contribution < 1.29 is 4.74 Å². The van der Waals surface area contributed by atoms with Crippen molar-refractivity contribution in [3.8, 4) is 11.6 Å². The molecule has 1 saturated heterocycles. The molecule has 1 aliphatic heterocycles. The van der Waals surface area contributed by atoms with Crippen LogP contribution < -0.4 is 15.4 Å². The molecule has 1 aromatic carbocycles. The minimum atomic E-state index is 0.434. The Morgan fingerprint density at radius 1 is 1.21 bits per heavy atom. The van der Waals surface area contributed by atoms with Gasteiger partial charge in [-0.1, -0.05) is 13.0 Å². The molecule has 0 amide bonds. The van der Waals surface area contributed by atoms with Gasteiger partial charge in [0.25, 0.3) is 0 Å². The predicted octanol–water partition coefficient (Wildman–Crippen LogP) is 4.24. The number of ether oxygens (including phenoxy) is 1. The molecule has 2 aromatic rings. The van der Waals surface area contributed by atoms with E-state index in [0.717, 1.165) is 24.5 Å². The third kappa shape index (κ3) is 3.30. The second-order valence-electron chi connectivity index (χ2n) is 6.52. The largest absolute Gasteiger partial charge is 0.437 e. The number of piperidine rings is 1. The van der Waals surface area contributed by atoms with Crippen LogP contribution >= 0.6 is 0 Å². The van der Waals surface area contributed by atoms with Crippen LogP contribution in [0.1, 0.15) is 43.7 Å². The van der Waals surface area contributed by atoms with Crippen molar-refractivity contribution in [2.45, 2.75) is 52.5 Å². The molecule has 1 fully saturated rings. The number of nitrogens with two attached hydrogens (primary N) is 1. The number of anilines is 2. The molecule has 0 saturated carbocycles. The Morgan fingerprint density at radius 2 is 2.04 bits per heavy atom. The van der Waals surface area contributed by atoms with Crippen LogP contribution in [0.2, 0.25) is 0 Å². The van der Waals surface area contributed by atoms with Crippen LogP contribution in [-0.4, -0.2) is 22.6 Å². The van der Waals surface area contributed by atoms with E-state index in [2.05, 4.69) is 35.6 Å². The molecule has 3 rings (SSSR count). The lowest BCUT2D eigenvalue weighted by atomic mass is 10.00. The Labute approximate surface area is 143 Å². The van der Waals surface area contributed by atoms with Crippen LogP contribution in [0.3, 0.4) is 0 Å². The lowest BCUT2D eigenvalue weighted by molar-refractivity contribution is 0.441. The van der Waals surface area contributed by atoms with Gasteiger partial charge >= 0.3 is 0 Å². The minimum Gasteiger partial charge on any atom is -0.437 e. The SMILES string of the molecule is CCC1CCCCN1c1ncnc(Oc2ccc(C)c(C)c2)c1N. The zero-order valence-corrected chi connectivity index (χ0v) is 14.7. The molecule has 0 bridgehead atoms. The van der Waals surface area contributed by atoms with Gasteiger partial charge in [-0.3, -0.25) is 0 Å². The summed E-state index contributed by atoms with van der Waals surface area (Å²) in [6.45, 7) is 7.35. The van der Waals surface area contributed by atoms with Gasteiger partial charge in [0, 0.05) is 12.6 Å². The zero-order valence-electron chi connectivity index (χ0n) is 14.7. The predicted molar refractivity (Wildman–Crippen MR) is 97.7 cm³/mol. The van der Waals surface area contributed by atoms with Crippen LogP contribution in [-0.2, 0) is 0 Å². The number of nitrogens with zero attached hydrogens (tertiary/aromatic N) is 3. The van der Waals surface area contributed by atoms with E-state index in [4.69, 9.17) is 10.5 Å². The summed E-state index contributed by atoms with van der Waals surface area (Å²) in [6.07, 6.45) is 6.27. The zero-order chi connectivity index (χ0) is 17.1. The number of aryl methyl sites for hydroxylation is 2. The maximum absolute atomic E-state index is 6.36. The average Bonchev–Trinajstić information content (AvgIpc) is 2.60. The van der Waals surface area contributed by atoms with Crippen LogP contribution in [0.15, 0.2) is 24.5 Å². The van der Waals surface area contributed by atoms with E-state index in [0.29, 0.717) is 17.6 Å². The van der Waals surface area contributed by atoms with Gasteiger partial charge in [-0.05, 0) is 62.8 Å².